The maximum Gasteiger partial charge on any atom is 0.264 e. The van der Waals surface area contributed by atoms with Crippen LogP contribution in [0.4, 0.5) is 5.69 Å². The van der Waals surface area contributed by atoms with E-state index in [1.54, 1.807) is 87.7 Å². The summed E-state index contributed by atoms with van der Waals surface area (Å²) in [5, 5.41) is 2.84. The summed E-state index contributed by atoms with van der Waals surface area (Å²) in [6.45, 7) is 6.93. The maximum absolute atomic E-state index is 14.0. The van der Waals surface area contributed by atoms with Crippen molar-refractivity contribution in [3.05, 3.63) is 84.4 Å². The number of hydrogen-bond donors (Lipinski definition) is 1. The second-order valence-corrected chi connectivity index (χ2v) is 11.3. The highest BCUT2D eigenvalue weighted by atomic mass is 32.2. The molecule has 0 aromatic heterocycles. The Kier molecular flexibility index (Phi) is 10.6. The van der Waals surface area contributed by atoms with Gasteiger partial charge in [-0.05, 0) is 69.7 Å². The van der Waals surface area contributed by atoms with E-state index in [1.807, 2.05) is 13.8 Å². The Bertz CT molecular complexity index is 1380. The largest absolute Gasteiger partial charge is 0.497 e. The van der Waals surface area contributed by atoms with Crippen LogP contribution in [0.2, 0.25) is 0 Å². The number of sulfonamides is 1. The molecule has 3 aromatic rings. The minimum Gasteiger partial charge on any atom is -0.497 e. The van der Waals surface area contributed by atoms with E-state index < -0.39 is 28.5 Å². The van der Waals surface area contributed by atoms with Gasteiger partial charge in [0.25, 0.3) is 10.0 Å². The highest BCUT2D eigenvalue weighted by molar-refractivity contribution is 7.92. The van der Waals surface area contributed by atoms with Crippen molar-refractivity contribution in [1.29, 1.82) is 0 Å². The molecule has 1 unspecified atom stereocenters. The normalized spacial score (nSPS) is 11.9. The van der Waals surface area contributed by atoms with Gasteiger partial charge in [-0.25, -0.2) is 8.42 Å². The van der Waals surface area contributed by atoms with Crippen molar-refractivity contribution in [3.8, 4) is 11.5 Å². The van der Waals surface area contributed by atoms with Gasteiger partial charge in [0.15, 0.2) is 0 Å². The number of para-hydroxylation sites is 2. The number of anilines is 1. The molecule has 3 rings (SSSR count). The quantitative estimate of drug-likeness (QED) is 0.332. The maximum atomic E-state index is 14.0. The average molecular weight is 568 g/mol. The lowest BCUT2D eigenvalue weighted by atomic mass is 10.1. The van der Waals surface area contributed by atoms with Gasteiger partial charge in [-0.15, -0.1) is 0 Å². The van der Waals surface area contributed by atoms with E-state index in [9.17, 15) is 18.0 Å². The van der Waals surface area contributed by atoms with Gasteiger partial charge in [-0.1, -0.05) is 42.5 Å². The van der Waals surface area contributed by atoms with E-state index in [0.29, 0.717) is 18.1 Å². The second-order valence-electron chi connectivity index (χ2n) is 9.43. The molecule has 0 saturated heterocycles. The highest BCUT2D eigenvalue weighted by Gasteiger charge is 2.33. The summed E-state index contributed by atoms with van der Waals surface area (Å²) in [5.41, 5.74) is 0.982. The molecule has 2 amide bonds. The molecule has 0 radical (unpaired) electrons. The van der Waals surface area contributed by atoms with Crippen molar-refractivity contribution in [2.45, 2.75) is 51.2 Å². The smallest absolute Gasteiger partial charge is 0.264 e. The Morgan fingerprint density at radius 1 is 0.900 bits per heavy atom. The van der Waals surface area contributed by atoms with Crippen LogP contribution in [0.5, 0.6) is 11.5 Å². The Hall–Kier alpha value is -4.05. The number of benzene rings is 3. The predicted octanol–water partition coefficient (Wildman–Crippen LogP) is 4.23. The van der Waals surface area contributed by atoms with Gasteiger partial charge >= 0.3 is 0 Å². The molecular formula is C30H37N3O6S. The third-order valence-electron chi connectivity index (χ3n) is 6.15. The topological polar surface area (TPSA) is 105 Å². The third kappa shape index (κ3) is 7.53. The molecule has 1 atom stereocenters. The van der Waals surface area contributed by atoms with Crippen LogP contribution in [0.3, 0.4) is 0 Å². The summed E-state index contributed by atoms with van der Waals surface area (Å²) in [6, 6.07) is 20.7. The van der Waals surface area contributed by atoms with Gasteiger partial charge in [0.2, 0.25) is 11.8 Å². The molecule has 1 N–H and O–H groups in total. The fraction of sp³-hybridized carbons (Fsp3) is 0.333. The molecule has 0 spiro atoms. The number of nitrogens with zero attached hydrogens (tertiary/aromatic N) is 2. The van der Waals surface area contributed by atoms with Crippen LogP contribution in [-0.2, 0) is 26.2 Å². The number of rotatable bonds is 13. The van der Waals surface area contributed by atoms with E-state index in [4.69, 9.17) is 9.47 Å². The molecule has 0 fully saturated rings. The Labute approximate surface area is 236 Å². The zero-order valence-electron chi connectivity index (χ0n) is 23.5. The second kappa shape index (κ2) is 13.8. The van der Waals surface area contributed by atoms with E-state index in [-0.39, 0.29) is 29.1 Å². The fourth-order valence-corrected chi connectivity index (χ4v) is 5.53. The van der Waals surface area contributed by atoms with Crippen molar-refractivity contribution in [2.75, 3.05) is 24.6 Å². The molecule has 0 bridgehead atoms. The molecule has 10 heteroatoms. The number of hydrogen-bond acceptors (Lipinski definition) is 6. The van der Waals surface area contributed by atoms with E-state index in [2.05, 4.69) is 5.32 Å². The van der Waals surface area contributed by atoms with Gasteiger partial charge in [-0.2, -0.15) is 0 Å². The fourth-order valence-electron chi connectivity index (χ4n) is 4.09. The lowest BCUT2D eigenvalue weighted by Crippen LogP contribution is -2.52. The first-order chi connectivity index (χ1) is 19.1. The minimum atomic E-state index is -4.18. The summed E-state index contributed by atoms with van der Waals surface area (Å²) < 4.78 is 39.9. The van der Waals surface area contributed by atoms with Crippen LogP contribution in [0, 0.1) is 0 Å². The van der Waals surface area contributed by atoms with Crippen LogP contribution >= 0.6 is 0 Å². The molecule has 0 saturated carbocycles. The van der Waals surface area contributed by atoms with Gasteiger partial charge in [0.1, 0.15) is 24.1 Å². The Morgan fingerprint density at radius 3 is 2.12 bits per heavy atom. The monoisotopic (exact) mass is 567 g/mol. The summed E-state index contributed by atoms with van der Waals surface area (Å²) in [4.78, 5) is 28.4. The SMILES string of the molecule is CCOc1ccccc1N(CC(=O)N(Cc1ccc(OC)cc1)C(C)C(=O)NC(C)C)S(=O)(=O)c1ccccc1. The van der Waals surface area contributed by atoms with Gasteiger partial charge in [0.05, 0.1) is 24.3 Å². The number of carbonyl (C=O) groups is 2. The van der Waals surface area contributed by atoms with Crippen LogP contribution < -0.4 is 19.1 Å². The summed E-state index contributed by atoms with van der Waals surface area (Å²) in [6.07, 6.45) is 0. The van der Waals surface area contributed by atoms with Crippen molar-refractivity contribution < 1.29 is 27.5 Å². The van der Waals surface area contributed by atoms with Crippen molar-refractivity contribution >= 4 is 27.5 Å². The molecular weight excluding hydrogens is 530 g/mol. The Morgan fingerprint density at radius 2 is 1.52 bits per heavy atom. The van der Waals surface area contributed by atoms with Crippen LogP contribution in [0.15, 0.2) is 83.8 Å². The van der Waals surface area contributed by atoms with Crippen molar-refractivity contribution in [2.24, 2.45) is 0 Å². The zero-order chi connectivity index (χ0) is 29.3. The lowest BCUT2D eigenvalue weighted by molar-refractivity contribution is -0.139. The first-order valence-corrected chi connectivity index (χ1v) is 14.5. The number of methoxy groups -OCH3 is 1. The number of ether oxygens (including phenoxy) is 2. The molecule has 0 aliphatic carbocycles. The van der Waals surface area contributed by atoms with Crippen LogP contribution in [0.25, 0.3) is 0 Å². The van der Waals surface area contributed by atoms with Crippen molar-refractivity contribution in [3.63, 3.8) is 0 Å². The first kappa shape index (κ1) is 30.5. The molecule has 9 nitrogen and oxygen atoms in total. The molecule has 0 heterocycles. The molecule has 3 aromatic carbocycles. The van der Waals surface area contributed by atoms with Gasteiger partial charge in [0, 0.05) is 12.6 Å². The standard InChI is InChI=1S/C30H37N3O6S/c1-6-39-28-15-11-10-14-27(28)33(40(36,37)26-12-8-7-9-13-26)21-29(34)32(23(4)30(35)31-22(2)3)20-24-16-18-25(38-5)19-17-24/h7-19,22-23H,6,20-21H2,1-5H3,(H,31,35). The molecule has 0 aliphatic rings. The predicted molar refractivity (Wildman–Crippen MR) is 155 cm³/mol. The van der Waals surface area contributed by atoms with Gasteiger partial charge < -0.3 is 19.7 Å². The van der Waals surface area contributed by atoms with E-state index in [1.165, 1.54) is 17.0 Å². The lowest BCUT2D eigenvalue weighted by Gasteiger charge is -2.32. The van der Waals surface area contributed by atoms with E-state index in [0.717, 1.165) is 9.87 Å². The molecule has 214 valence electrons. The third-order valence-corrected chi connectivity index (χ3v) is 7.93. The summed E-state index contributed by atoms with van der Waals surface area (Å²) in [5.74, 6) is 0.0848. The first-order valence-electron chi connectivity index (χ1n) is 13.1. The number of nitrogens with one attached hydrogen (secondary N) is 1. The number of amides is 2. The van der Waals surface area contributed by atoms with Gasteiger partial charge in [-0.3, -0.25) is 13.9 Å². The molecule has 0 aliphatic heterocycles. The summed E-state index contributed by atoms with van der Waals surface area (Å²) >= 11 is 0. The summed E-state index contributed by atoms with van der Waals surface area (Å²) in [7, 11) is -2.62. The molecule has 40 heavy (non-hydrogen) atoms. The zero-order valence-corrected chi connectivity index (χ0v) is 24.4. The van der Waals surface area contributed by atoms with Crippen LogP contribution in [0.1, 0.15) is 33.3 Å². The van der Waals surface area contributed by atoms with Crippen LogP contribution in [-0.4, -0.2) is 57.5 Å². The van der Waals surface area contributed by atoms with Crippen molar-refractivity contribution in [1.82, 2.24) is 10.2 Å². The Balaban J connectivity index is 2.06. The number of carbonyl (C=O) groups excluding carboxylic acids is 2. The highest BCUT2D eigenvalue weighted by Crippen LogP contribution is 2.33. The average Bonchev–Trinajstić information content (AvgIpc) is 2.95. The van der Waals surface area contributed by atoms with E-state index >= 15 is 0 Å². The minimum absolute atomic E-state index is 0.0291.